The third-order valence-corrected chi connectivity index (χ3v) is 4.44. The van der Waals surface area contributed by atoms with E-state index in [1.165, 1.54) is 12.1 Å². The number of nitrogens with zero attached hydrogens (tertiary/aromatic N) is 2. The lowest BCUT2D eigenvalue weighted by Gasteiger charge is -2.24. The fourth-order valence-corrected chi connectivity index (χ4v) is 3.30. The Morgan fingerprint density at radius 3 is 3.00 bits per heavy atom. The number of rotatable bonds is 3. The fraction of sp³-hybridized carbons (Fsp3) is 0.176. The van der Waals surface area contributed by atoms with Crippen molar-refractivity contribution in [3.8, 4) is 0 Å². The van der Waals surface area contributed by atoms with Crippen molar-refractivity contribution < 1.29 is 13.6 Å². The van der Waals surface area contributed by atoms with Crippen molar-refractivity contribution in [1.29, 1.82) is 0 Å². The van der Waals surface area contributed by atoms with Crippen LogP contribution in [-0.2, 0) is 11.3 Å². The number of carbonyl (C=O) groups excluding carboxylic acids is 1. The molecule has 1 aliphatic rings. The SMILES string of the molecule is O=C1CC(c2ccc(F)cc2Cl)c2cnn(Cc3ccco3)c2N1. The molecule has 24 heavy (non-hydrogen) atoms. The second kappa shape index (κ2) is 5.79. The van der Waals surface area contributed by atoms with Crippen LogP contribution in [0.3, 0.4) is 0 Å². The molecule has 1 aromatic carbocycles. The van der Waals surface area contributed by atoms with Crippen molar-refractivity contribution in [3.63, 3.8) is 0 Å². The number of hydrogen-bond acceptors (Lipinski definition) is 3. The molecule has 0 bridgehead atoms. The third kappa shape index (κ3) is 2.59. The topological polar surface area (TPSA) is 60.1 Å². The summed E-state index contributed by atoms with van der Waals surface area (Å²) in [6, 6.07) is 7.86. The molecule has 0 spiro atoms. The highest BCUT2D eigenvalue weighted by molar-refractivity contribution is 6.31. The maximum atomic E-state index is 13.3. The van der Waals surface area contributed by atoms with Gasteiger partial charge in [-0.15, -0.1) is 0 Å². The van der Waals surface area contributed by atoms with E-state index in [4.69, 9.17) is 16.0 Å². The second-order valence-corrected chi connectivity index (χ2v) is 6.06. The number of furan rings is 1. The molecule has 7 heteroatoms. The van der Waals surface area contributed by atoms with Crippen LogP contribution in [0.25, 0.3) is 0 Å². The normalized spacial score (nSPS) is 16.8. The summed E-state index contributed by atoms with van der Waals surface area (Å²) in [4.78, 5) is 12.1. The number of nitrogens with one attached hydrogen (secondary N) is 1. The van der Waals surface area contributed by atoms with E-state index in [1.54, 1.807) is 29.3 Å². The lowest BCUT2D eigenvalue weighted by molar-refractivity contribution is -0.116. The molecule has 122 valence electrons. The smallest absolute Gasteiger partial charge is 0.226 e. The number of carbonyl (C=O) groups is 1. The lowest BCUT2D eigenvalue weighted by Crippen LogP contribution is -2.25. The largest absolute Gasteiger partial charge is 0.467 e. The molecule has 3 aromatic rings. The lowest BCUT2D eigenvalue weighted by atomic mass is 9.87. The Balaban J connectivity index is 1.75. The molecule has 1 amide bonds. The maximum absolute atomic E-state index is 13.3. The van der Waals surface area contributed by atoms with E-state index in [0.29, 0.717) is 22.9 Å². The minimum absolute atomic E-state index is 0.130. The summed E-state index contributed by atoms with van der Waals surface area (Å²) in [6.07, 6.45) is 3.54. The monoisotopic (exact) mass is 345 g/mol. The molecule has 1 unspecified atom stereocenters. The Morgan fingerprint density at radius 1 is 1.38 bits per heavy atom. The van der Waals surface area contributed by atoms with Crippen molar-refractivity contribution in [1.82, 2.24) is 9.78 Å². The Labute approximate surface area is 142 Å². The van der Waals surface area contributed by atoms with Crippen molar-refractivity contribution in [3.05, 3.63) is 70.5 Å². The molecule has 1 aliphatic heterocycles. The van der Waals surface area contributed by atoms with E-state index >= 15 is 0 Å². The Hall–Kier alpha value is -2.60. The first-order chi connectivity index (χ1) is 11.6. The van der Waals surface area contributed by atoms with Gasteiger partial charge in [-0.25, -0.2) is 9.07 Å². The molecule has 0 saturated carbocycles. The van der Waals surface area contributed by atoms with Gasteiger partial charge in [0.15, 0.2) is 0 Å². The average molecular weight is 346 g/mol. The van der Waals surface area contributed by atoms with E-state index in [0.717, 1.165) is 11.3 Å². The first kappa shape index (κ1) is 15.0. The second-order valence-electron chi connectivity index (χ2n) is 5.66. The maximum Gasteiger partial charge on any atom is 0.226 e. The van der Waals surface area contributed by atoms with Gasteiger partial charge in [0.05, 0.1) is 12.5 Å². The highest BCUT2D eigenvalue weighted by Gasteiger charge is 2.31. The number of aromatic nitrogens is 2. The van der Waals surface area contributed by atoms with E-state index < -0.39 is 5.82 Å². The number of halogens is 2. The molecule has 4 rings (SSSR count). The number of amides is 1. The Kier molecular flexibility index (Phi) is 3.61. The molecular formula is C17H13ClFN3O2. The summed E-state index contributed by atoms with van der Waals surface area (Å²) < 4.78 is 20.3. The van der Waals surface area contributed by atoms with E-state index in [-0.39, 0.29) is 18.2 Å². The van der Waals surface area contributed by atoms with Gasteiger partial charge in [0.1, 0.15) is 23.9 Å². The summed E-state index contributed by atoms with van der Waals surface area (Å²) in [5.74, 6) is 0.559. The number of hydrogen-bond donors (Lipinski definition) is 1. The van der Waals surface area contributed by atoms with Crippen LogP contribution in [0, 0.1) is 5.82 Å². The number of anilines is 1. The first-order valence-electron chi connectivity index (χ1n) is 7.44. The molecule has 2 aromatic heterocycles. The number of benzene rings is 1. The molecular weight excluding hydrogens is 333 g/mol. The van der Waals surface area contributed by atoms with Crippen molar-refractivity contribution >= 4 is 23.3 Å². The van der Waals surface area contributed by atoms with E-state index in [9.17, 15) is 9.18 Å². The standard InChI is InChI=1S/C17H13ClFN3O2/c18-15-6-10(19)3-4-12(15)13-7-16(23)21-17-14(13)8-20-22(17)9-11-2-1-5-24-11/h1-6,8,13H,7,9H2,(H,21,23). The predicted molar refractivity (Wildman–Crippen MR) is 86.5 cm³/mol. The minimum atomic E-state index is -0.405. The molecule has 3 heterocycles. The summed E-state index contributed by atoms with van der Waals surface area (Å²) >= 11 is 6.19. The van der Waals surface area contributed by atoms with Gasteiger partial charge in [-0.3, -0.25) is 4.79 Å². The van der Waals surface area contributed by atoms with Crippen LogP contribution in [0.5, 0.6) is 0 Å². The predicted octanol–water partition coefficient (Wildman–Crippen LogP) is 3.79. The van der Waals surface area contributed by atoms with Crippen molar-refractivity contribution in [2.24, 2.45) is 0 Å². The summed E-state index contributed by atoms with van der Waals surface area (Å²) in [7, 11) is 0. The van der Waals surface area contributed by atoms with Crippen molar-refractivity contribution in [2.45, 2.75) is 18.9 Å². The van der Waals surface area contributed by atoms with Crippen LogP contribution in [0.4, 0.5) is 10.2 Å². The average Bonchev–Trinajstić information content (AvgIpc) is 3.18. The van der Waals surface area contributed by atoms with Crippen LogP contribution < -0.4 is 5.32 Å². The third-order valence-electron chi connectivity index (χ3n) is 4.11. The van der Waals surface area contributed by atoms with Crippen LogP contribution in [0.1, 0.15) is 29.2 Å². The van der Waals surface area contributed by atoms with Gasteiger partial charge < -0.3 is 9.73 Å². The van der Waals surface area contributed by atoms with Crippen LogP contribution >= 0.6 is 11.6 Å². The Bertz CT molecular complexity index is 905. The van der Waals surface area contributed by atoms with Crippen LogP contribution in [-0.4, -0.2) is 15.7 Å². The van der Waals surface area contributed by atoms with Crippen LogP contribution in [0.15, 0.2) is 47.2 Å². The van der Waals surface area contributed by atoms with E-state index in [1.807, 2.05) is 6.07 Å². The van der Waals surface area contributed by atoms with Gasteiger partial charge in [0, 0.05) is 22.9 Å². The van der Waals surface area contributed by atoms with Crippen molar-refractivity contribution in [2.75, 3.05) is 5.32 Å². The minimum Gasteiger partial charge on any atom is -0.467 e. The molecule has 1 N–H and O–H groups in total. The summed E-state index contributed by atoms with van der Waals surface area (Å²) in [5.41, 5.74) is 1.57. The van der Waals surface area contributed by atoms with Gasteiger partial charge in [-0.2, -0.15) is 5.10 Å². The molecule has 0 aliphatic carbocycles. The van der Waals surface area contributed by atoms with Gasteiger partial charge in [-0.1, -0.05) is 17.7 Å². The van der Waals surface area contributed by atoms with Gasteiger partial charge >= 0.3 is 0 Å². The van der Waals surface area contributed by atoms with E-state index in [2.05, 4.69) is 10.4 Å². The highest BCUT2D eigenvalue weighted by Crippen LogP contribution is 2.40. The Morgan fingerprint density at radius 2 is 2.25 bits per heavy atom. The van der Waals surface area contributed by atoms with Gasteiger partial charge in [0.25, 0.3) is 0 Å². The molecule has 1 atom stereocenters. The zero-order valence-corrected chi connectivity index (χ0v) is 13.3. The molecule has 0 radical (unpaired) electrons. The number of fused-ring (bicyclic) bond motifs is 1. The zero-order valence-electron chi connectivity index (χ0n) is 12.5. The fourth-order valence-electron chi connectivity index (χ4n) is 3.00. The van der Waals surface area contributed by atoms with Crippen LogP contribution in [0.2, 0.25) is 5.02 Å². The zero-order chi connectivity index (χ0) is 16.7. The van der Waals surface area contributed by atoms with Gasteiger partial charge in [-0.05, 0) is 29.8 Å². The summed E-state index contributed by atoms with van der Waals surface area (Å²) in [6.45, 7) is 0.409. The molecule has 0 fully saturated rings. The molecule has 5 nitrogen and oxygen atoms in total. The first-order valence-corrected chi connectivity index (χ1v) is 7.82. The molecule has 0 saturated heterocycles. The van der Waals surface area contributed by atoms with Gasteiger partial charge in [0.2, 0.25) is 5.91 Å². The summed E-state index contributed by atoms with van der Waals surface area (Å²) in [5, 5.41) is 7.51. The quantitative estimate of drug-likeness (QED) is 0.785. The highest BCUT2D eigenvalue weighted by atomic mass is 35.5.